The van der Waals surface area contributed by atoms with Gasteiger partial charge in [-0.2, -0.15) is 0 Å². The largest absolute Gasteiger partial charge is 0.379 e. The van der Waals surface area contributed by atoms with Crippen molar-refractivity contribution in [3.05, 3.63) is 0 Å². The summed E-state index contributed by atoms with van der Waals surface area (Å²) >= 11 is 0. The van der Waals surface area contributed by atoms with Crippen molar-refractivity contribution in [2.75, 3.05) is 66.6 Å². The molecule has 2 aliphatic rings. The van der Waals surface area contributed by atoms with Gasteiger partial charge in [-0.3, -0.25) is 4.79 Å². The molecule has 0 aromatic carbocycles. The standard InChI is InChI=1S/C14H28N4O2/c1-15-13-11-20-10-12(13)14(19)16-4-3-5-18-8-6-17(2)7-9-18/h12-13,15H,3-11H2,1-2H3,(H,16,19). The lowest BCUT2D eigenvalue weighted by molar-refractivity contribution is -0.125. The first kappa shape index (κ1) is 15.7. The van der Waals surface area contributed by atoms with E-state index in [1.54, 1.807) is 0 Å². The van der Waals surface area contributed by atoms with Crippen molar-refractivity contribution in [2.24, 2.45) is 5.92 Å². The van der Waals surface area contributed by atoms with Gasteiger partial charge in [0.15, 0.2) is 0 Å². The van der Waals surface area contributed by atoms with Crippen LogP contribution in [0.3, 0.4) is 0 Å². The number of nitrogens with one attached hydrogen (secondary N) is 2. The summed E-state index contributed by atoms with van der Waals surface area (Å²) in [5.41, 5.74) is 0. The zero-order chi connectivity index (χ0) is 14.4. The van der Waals surface area contributed by atoms with E-state index in [9.17, 15) is 4.79 Å². The zero-order valence-corrected chi connectivity index (χ0v) is 12.7. The van der Waals surface area contributed by atoms with Crippen molar-refractivity contribution in [3.63, 3.8) is 0 Å². The predicted molar refractivity (Wildman–Crippen MR) is 78.7 cm³/mol. The van der Waals surface area contributed by atoms with Crippen molar-refractivity contribution >= 4 is 5.91 Å². The van der Waals surface area contributed by atoms with Crippen molar-refractivity contribution in [3.8, 4) is 0 Å². The van der Waals surface area contributed by atoms with Crippen LogP contribution in [0.2, 0.25) is 0 Å². The lowest BCUT2D eigenvalue weighted by Crippen LogP contribution is -2.46. The second-order valence-corrected chi connectivity index (χ2v) is 5.83. The maximum Gasteiger partial charge on any atom is 0.227 e. The molecule has 2 heterocycles. The van der Waals surface area contributed by atoms with Gasteiger partial charge < -0.3 is 25.2 Å². The highest BCUT2D eigenvalue weighted by molar-refractivity contribution is 5.79. The van der Waals surface area contributed by atoms with Crippen LogP contribution in [0.25, 0.3) is 0 Å². The van der Waals surface area contributed by atoms with Crippen LogP contribution in [0.15, 0.2) is 0 Å². The topological polar surface area (TPSA) is 56.8 Å². The van der Waals surface area contributed by atoms with Gasteiger partial charge in [0, 0.05) is 38.8 Å². The number of nitrogens with zero attached hydrogens (tertiary/aromatic N) is 2. The van der Waals surface area contributed by atoms with Crippen LogP contribution < -0.4 is 10.6 Å². The number of amides is 1. The number of hydrogen-bond acceptors (Lipinski definition) is 5. The molecule has 20 heavy (non-hydrogen) atoms. The molecule has 0 saturated carbocycles. The summed E-state index contributed by atoms with van der Waals surface area (Å²) in [5, 5.41) is 6.18. The van der Waals surface area contributed by atoms with Gasteiger partial charge in [0.2, 0.25) is 5.91 Å². The lowest BCUT2D eigenvalue weighted by atomic mass is 10.0. The predicted octanol–water partition coefficient (Wildman–Crippen LogP) is -1.03. The van der Waals surface area contributed by atoms with Crippen LogP contribution in [0, 0.1) is 5.92 Å². The molecule has 6 nitrogen and oxygen atoms in total. The maximum atomic E-state index is 12.1. The second kappa shape index (κ2) is 7.93. The highest BCUT2D eigenvalue weighted by Crippen LogP contribution is 2.13. The van der Waals surface area contributed by atoms with Crippen LogP contribution in [0.5, 0.6) is 0 Å². The van der Waals surface area contributed by atoms with E-state index < -0.39 is 0 Å². The summed E-state index contributed by atoms with van der Waals surface area (Å²) in [6.07, 6.45) is 1.02. The quantitative estimate of drug-likeness (QED) is 0.611. The fourth-order valence-electron chi connectivity index (χ4n) is 2.81. The van der Waals surface area contributed by atoms with E-state index in [2.05, 4.69) is 27.5 Å². The molecule has 2 rings (SSSR count). The Labute approximate surface area is 121 Å². The molecule has 2 unspecified atom stereocenters. The molecule has 2 aliphatic heterocycles. The third-order valence-corrected chi connectivity index (χ3v) is 4.33. The third kappa shape index (κ3) is 4.41. The molecular formula is C14H28N4O2. The molecule has 2 fully saturated rings. The van der Waals surface area contributed by atoms with E-state index in [-0.39, 0.29) is 17.9 Å². The summed E-state index contributed by atoms with van der Waals surface area (Å²) in [7, 11) is 4.05. The number of carbonyl (C=O) groups excluding carboxylic acids is 1. The molecular weight excluding hydrogens is 256 g/mol. The Kier molecular flexibility index (Phi) is 6.22. The Bertz CT molecular complexity index is 306. The van der Waals surface area contributed by atoms with Gasteiger partial charge in [-0.25, -0.2) is 0 Å². The average Bonchev–Trinajstić information content (AvgIpc) is 2.94. The molecule has 0 aromatic heterocycles. The first-order valence-electron chi connectivity index (χ1n) is 7.64. The number of rotatable bonds is 6. The highest BCUT2D eigenvalue weighted by Gasteiger charge is 2.32. The number of likely N-dealkylation sites (N-methyl/N-ethyl adjacent to an activating group) is 2. The fourth-order valence-corrected chi connectivity index (χ4v) is 2.81. The molecule has 0 aromatic rings. The summed E-state index contributed by atoms with van der Waals surface area (Å²) in [4.78, 5) is 16.9. The molecule has 2 saturated heterocycles. The summed E-state index contributed by atoms with van der Waals surface area (Å²) in [6.45, 7) is 7.59. The Morgan fingerprint density at radius 1 is 1.25 bits per heavy atom. The summed E-state index contributed by atoms with van der Waals surface area (Å²) < 4.78 is 5.36. The van der Waals surface area contributed by atoms with Gasteiger partial charge >= 0.3 is 0 Å². The van der Waals surface area contributed by atoms with Crippen molar-refractivity contribution in [1.29, 1.82) is 0 Å². The first-order valence-corrected chi connectivity index (χ1v) is 7.64. The van der Waals surface area contributed by atoms with E-state index in [1.165, 1.54) is 0 Å². The molecule has 0 aliphatic carbocycles. The highest BCUT2D eigenvalue weighted by atomic mass is 16.5. The second-order valence-electron chi connectivity index (χ2n) is 5.83. The molecule has 1 amide bonds. The maximum absolute atomic E-state index is 12.1. The molecule has 0 bridgehead atoms. The normalized spacial score (nSPS) is 28.7. The average molecular weight is 284 g/mol. The molecule has 2 N–H and O–H groups in total. The van der Waals surface area contributed by atoms with E-state index in [0.29, 0.717) is 13.2 Å². The van der Waals surface area contributed by atoms with Gasteiger partial charge in [0.05, 0.1) is 19.1 Å². The van der Waals surface area contributed by atoms with Gasteiger partial charge in [0.25, 0.3) is 0 Å². The Balaban J connectivity index is 1.57. The number of hydrogen-bond donors (Lipinski definition) is 2. The molecule has 2 atom stereocenters. The zero-order valence-electron chi connectivity index (χ0n) is 12.7. The minimum Gasteiger partial charge on any atom is -0.379 e. The molecule has 6 heteroatoms. The molecule has 116 valence electrons. The summed E-state index contributed by atoms with van der Waals surface area (Å²) in [5.74, 6) is 0.0869. The first-order chi connectivity index (χ1) is 9.70. The number of piperazine rings is 1. The van der Waals surface area contributed by atoms with Crippen LogP contribution in [-0.2, 0) is 9.53 Å². The Morgan fingerprint density at radius 2 is 2.00 bits per heavy atom. The number of ether oxygens (including phenoxy) is 1. The van der Waals surface area contributed by atoms with Crippen LogP contribution in [0.1, 0.15) is 6.42 Å². The van der Waals surface area contributed by atoms with Crippen molar-refractivity contribution in [2.45, 2.75) is 12.5 Å². The van der Waals surface area contributed by atoms with Gasteiger partial charge in [-0.05, 0) is 27.1 Å². The lowest BCUT2D eigenvalue weighted by Gasteiger charge is -2.32. The Hall–Kier alpha value is -0.690. The van der Waals surface area contributed by atoms with Gasteiger partial charge in [-0.1, -0.05) is 0 Å². The van der Waals surface area contributed by atoms with Gasteiger partial charge in [0.1, 0.15) is 0 Å². The van der Waals surface area contributed by atoms with Crippen LogP contribution in [-0.4, -0.2) is 88.3 Å². The van der Waals surface area contributed by atoms with E-state index in [4.69, 9.17) is 4.74 Å². The SMILES string of the molecule is CNC1COCC1C(=O)NCCCN1CCN(C)CC1. The smallest absolute Gasteiger partial charge is 0.227 e. The van der Waals surface area contributed by atoms with E-state index in [0.717, 1.165) is 45.7 Å². The molecule has 0 spiro atoms. The Morgan fingerprint density at radius 3 is 2.70 bits per heavy atom. The minimum absolute atomic E-state index is 0.0383. The molecule has 0 radical (unpaired) electrons. The van der Waals surface area contributed by atoms with Gasteiger partial charge in [-0.15, -0.1) is 0 Å². The summed E-state index contributed by atoms with van der Waals surface area (Å²) in [6, 6.07) is 0.160. The van der Waals surface area contributed by atoms with E-state index in [1.807, 2.05) is 7.05 Å². The third-order valence-electron chi connectivity index (χ3n) is 4.33. The van der Waals surface area contributed by atoms with Crippen molar-refractivity contribution in [1.82, 2.24) is 20.4 Å². The monoisotopic (exact) mass is 284 g/mol. The number of carbonyl (C=O) groups is 1. The fraction of sp³-hybridized carbons (Fsp3) is 0.929. The van der Waals surface area contributed by atoms with Crippen molar-refractivity contribution < 1.29 is 9.53 Å². The minimum atomic E-state index is -0.0383. The van der Waals surface area contributed by atoms with E-state index >= 15 is 0 Å². The van der Waals surface area contributed by atoms with Crippen LogP contribution >= 0.6 is 0 Å². The van der Waals surface area contributed by atoms with Crippen LogP contribution in [0.4, 0.5) is 0 Å².